The standard InChI is InChI=1S/C15H15FN2O/c1-9-3-4-11(7-10(9)2)15(19)18-14-6-5-12(16)8-13(14)17/h3-8H,17H2,1-2H3,(H,18,19). The van der Waals surface area contributed by atoms with Crippen molar-refractivity contribution in [2.45, 2.75) is 13.8 Å². The average molecular weight is 258 g/mol. The molecule has 19 heavy (non-hydrogen) atoms. The Bertz CT molecular complexity index is 638. The van der Waals surface area contributed by atoms with Gasteiger partial charge < -0.3 is 11.1 Å². The van der Waals surface area contributed by atoms with E-state index < -0.39 is 5.82 Å². The molecule has 3 nitrogen and oxygen atoms in total. The van der Waals surface area contributed by atoms with Crippen LogP contribution in [0.1, 0.15) is 21.5 Å². The zero-order valence-corrected chi connectivity index (χ0v) is 10.8. The molecule has 2 aromatic carbocycles. The van der Waals surface area contributed by atoms with E-state index in [4.69, 9.17) is 5.73 Å². The largest absolute Gasteiger partial charge is 0.397 e. The molecule has 0 unspecified atom stereocenters. The van der Waals surface area contributed by atoms with Gasteiger partial charge in [-0.25, -0.2) is 4.39 Å². The van der Waals surface area contributed by atoms with Gasteiger partial charge in [-0.1, -0.05) is 6.07 Å². The van der Waals surface area contributed by atoms with Gasteiger partial charge in [-0.3, -0.25) is 4.79 Å². The first-order chi connectivity index (χ1) is 8.97. The van der Waals surface area contributed by atoms with Crippen molar-refractivity contribution in [2.75, 3.05) is 11.1 Å². The number of halogens is 1. The molecule has 98 valence electrons. The predicted molar refractivity (Wildman–Crippen MR) is 74.7 cm³/mol. The third kappa shape index (κ3) is 2.91. The molecule has 2 rings (SSSR count). The number of aryl methyl sites for hydroxylation is 2. The Labute approximate surface area is 111 Å². The summed E-state index contributed by atoms with van der Waals surface area (Å²) in [6.45, 7) is 3.92. The lowest BCUT2D eigenvalue weighted by atomic mass is 10.1. The molecule has 0 aliphatic heterocycles. The molecule has 0 radical (unpaired) electrons. The van der Waals surface area contributed by atoms with Crippen molar-refractivity contribution in [2.24, 2.45) is 0 Å². The van der Waals surface area contributed by atoms with Gasteiger partial charge >= 0.3 is 0 Å². The lowest BCUT2D eigenvalue weighted by molar-refractivity contribution is 0.102. The number of anilines is 2. The molecule has 3 N–H and O–H groups in total. The molecule has 0 atom stereocenters. The molecule has 1 amide bonds. The van der Waals surface area contributed by atoms with Crippen LogP contribution in [-0.4, -0.2) is 5.91 Å². The molecule has 0 saturated carbocycles. The van der Waals surface area contributed by atoms with Crippen LogP contribution in [0.4, 0.5) is 15.8 Å². The molecule has 2 aromatic rings. The Hall–Kier alpha value is -2.36. The fourth-order valence-corrected chi connectivity index (χ4v) is 1.72. The van der Waals surface area contributed by atoms with Gasteiger partial charge in [0.2, 0.25) is 0 Å². The maximum Gasteiger partial charge on any atom is 0.255 e. The highest BCUT2D eigenvalue weighted by Gasteiger charge is 2.09. The highest BCUT2D eigenvalue weighted by Crippen LogP contribution is 2.20. The van der Waals surface area contributed by atoms with Crippen molar-refractivity contribution in [3.8, 4) is 0 Å². The summed E-state index contributed by atoms with van der Waals surface area (Å²) in [6, 6.07) is 9.33. The van der Waals surface area contributed by atoms with Crippen LogP contribution < -0.4 is 11.1 Å². The highest BCUT2D eigenvalue weighted by molar-refractivity contribution is 6.05. The molecule has 0 fully saturated rings. The number of carbonyl (C=O) groups excluding carboxylic acids is 1. The zero-order valence-electron chi connectivity index (χ0n) is 10.8. The number of amides is 1. The predicted octanol–water partition coefficient (Wildman–Crippen LogP) is 3.28. The SMILES string of the molecule is Cc1ccc(C(=O)Nc2ccc(F)cc2N)cc1C. The summed E-state index contributed by atoms with van der Waals surface area (Å²) in [5.41, 5.74) is 8.97. The third-order valence-electron chi connectivity index (χ3n) is 3.03. The molecule has 0 saturated heterocycles. The Morgan fingerprint density at radius 3 is 2.47 bits per heavy atom. The van der Waals surface area contributed by atoms with Crippen LogP contribution in [0.15, 0.2) is 36.4 Å². The van der Waals surface area contributed by atoms with Crippen molar-refractivity contribution in [1.82, 2.24) is 0 Å². The molecule has 0 bridgehead atoms. The van der Waals surface area contributed by atoms with Crippen LogP contribution in [0.5, 0.6) is 0 Å². The minimum absolute atomic E-state index is 0.206. The topological polar surface area (TPSA) is 55.1 Å². The van der Waals surface area contributed by atoms with Crippen molar-refractivity contribution in [3.63, 3.8) is 0 Å². The smallest absolute Gasteiger partial charge is 0.255 e. The van der Waals surface area contributed by atoms with E-state index in [0.717, 1.165) is 11.1 Å². The second-order valence-corrected chi connectivity index (χ2v) is 4.48. The number of rotatable bonds is 2. The van der Waals surface area contributed by atoms with Crippen LogP contribution in [0, 0.1) is 19.7 Å². The summed E-state index contributed by atoms with van der Waals surface area (Å²) in [7, 11) is 0. The first kappa shape index (κ1) is 13.1. The molecule has 4 heteroatoms. The number of hydrogen-bond acceptors (Lipinski definition) is 2. The Kier molecular flexibility index (Phi) is 3.51. The van der Waals surface area contributed by atoms with Gasteiger partial charge in [0.05, 0.1) is 11.4 Å². The molecular formula is C15H15FN2O. The number of carbonyl (C=O) groups is 1. The van der Waals surface area contributed by atoms with Gasteiger partial charge in [0.1, 0.15) is 5.82 Å². The molecule has 0 spiro atoms. The number of benzene rings is 2. The summed E-state index contributed by atoms with van der Waals surface area (Å²) in [4.78, 5) is 12.1. The van der Waals surface area contributed by atoms with Gasteiger partial charge in [0.15, 0.2) is 0 Å². The molecule has 0 aliphatic rings. The van der Waals surface area contributed by atoms with Gasteiger partial charge in [0, 0.05) is 5.56 Å². The number of nitrogens with two attached hydrogens (primary N) is 1. The minimum Gasteiger partial charge on any atom is -0.397 e. The Balaban J connectivity index is 2.23. The van der Waals surface area contributed by atoms with Crippen LogP contribution in [0.2, 0.25) is 0 Å². The average Bonchev–Trinajstić information content (AvgIpc) is 2.36. The summed E-state index contributed by atoms with van der Waals surface area (Å²) >= 11 is 0. The summed E-state index contributed by atoms with van der Waals surface area (Å²) < 4.78 is 12.9. The van der Waals surface area contributed by atoms with Crippen molar-refractivity contribution >= 4 is 17.3 Å². The van der Waals surface area contributed by atoms with E-state index in [-0.39, 0.29) is 11.6 Å². The van der Waals surface area contributed by atoms with Crippen LogP contribution in [0.25, 0.3) is 0 Å². The third-order valence-corrected chi connectivity index (χ3v) is 3.03. The lowest BCUT2D eigenvalue weighted by Crippen LogP contribution is -2.13. The summed E-state index contributed by atoms with van der Waals surface area (Å²) in [5, 5.41) is 2.67. The highest BCUT2D eigenvalue weighted by atomic mass is 19.1. The van der Waals surface area contributed by atoms with Gasteiger partial charge in [0.25, 0.3) is 5.91 Å². The summed E-state index contributed by atoms with van der Waals surface area (Å²) in [6.07, 6.45) is 0. The summed E-state index contributed by atoms with van der Waals surface area (Å²) in [5.74, 6) is -0.692. The molecule has 0 aliphatic carbocycles. The minimum atomic E-state index is -0.429. The molecular weight excluding hydrogens is 243 g/mol. The fourth-order valence-electron chi connectivity index (χ4n) is 1.72. The number of hydrogen-bond donors (Lipinski definition) is 2. The van der Waals surface area contributed by atoms with Crippen molar-refractivity contribution < 1.29 is 9.18 Å². The number of nitrogens with one attached hydrogen (secondary N) is 1. The first-order valence-corrected chi connectivity index (χ1v) is 5.91. The van der Waals surface area contributed by atoms with Crippen LogP contribution in [-0.2, 0) is 0 Å². The van der Waals surface area contributed by atoms with Crippen molar-refractivity contribution in [3.05, 3.63) is 58.9 Å². The second-order valence-electron chi connectivity index (χ2n) is 4.48. The second kappa shape index (κ2) is 5.10. The quantitative estimate of drug-likeness (QED) is 0.812. The van der Waals surface area contributed by atoms with E-state index in [1.54, 1.807) is 6.07 Å². The van der Waals surface area contributed by atoms with E-state index in [1.807, 2.05) is 26.0 Å². The Morgan fingerprint density at radius 1 is 1.11 bits per heavy atom. The Morgan fingerprint density at radius 2 is 1.84 bits per heavy atom. The first-order valence-electron chi connectivity index (χ1n) is 5.91. The maximum atomic E-state index is 12.9. The van der Waals surface area contributed by atoms with E-state index in [9.17, 15) is 9.18 Å². The van der Waals surface area contributed by atoms with E-state index in [1.165, 1.54) is 18.2 Å². The van der Waals surface area contributed by atoms with Gasteiger partial charge in [-0.15, -0.1) is 0 Å². The van der Waals surface area contributed by atoms with Crippen LogP contribution >= 0.6 is 0 Å². The maximum absolute atomic E-state index is 12.9. The monoisotopic (exact) mass is 258 g/mol. The fraction of sp³-hybridized carbons (Fsp3) is 0.133. The van der Waals surface area contributed by atoms with Crippen LogP contribution in [0.3, 0.4) is 0 Å². The zero-order chi connectivity index (χ0) is 14.0. The van der Waals surface area contributed by atoms with Crippen molar-refractivity contribution in [1.29, 1.82) is 0 Å². The molecule has 0 aromatic heterocycles. The molecule has 0 heterocycles. The van der Waals surface area contributed by atoms with E-state index in [2.05, 4.69) is 5.32 Å². The van der Waals surface area contributed by atoms with Gasteiger partial charge in [-0.05, 0) is 55.3 Å². The van der Waals surface area contributed by atoms with E-state index in [0.29, 0.717) is 11.3 Å². The number of nitrogen functional groups attached to an aromatic ring is 1. The van der Waals surface area contributed by atoms with Gasteiger partial charge in [-0.2, -0.15) is 0 Å². The normalized spacial score (nSPS) is 10.3. The van der Waals surface area contributed by atoms with E-state index >= 15 is 0 Å². The lowest BCUT2D eigenvalue weighted by Gasteiger charge is -2.09.